The number of aliphatic hydroxyl groups excluding tert-OH is 1. The Morgan fingerprint density at radius 2 is 2.04 bits per heavy atom. The van der Waals surface area contributed by atoms with Gasteiger partial charge in [0.15, 0.2) is 5.65 Å². The lowest BCUT2D eigenvalue weighted by Crippen LogP contribution is -2.21. The van der Waals surface area contributed by atoms with Crippen LogP contribution in [0.3, 0.4) is 0 Å². The highest BCUT2D eigenvalue weighted by atomic mass is 19.1. The predicted octanol–water partition coefficient (Wildman–Crippen LogP) is 1.77. The Kier molecular flexibility index (Phi) is 4.47. The lowest BCUT2D eigenvalue weighted by Gasteiger charge is -2.15. The fraction of sp³-hybridized carbons (Fsp3) is 0.312. The Balaban J connectivity index is 1.68. The maximum atomic E-state index is 12.9. The van der Waals surface area contributed by atoms with Gasteiger partial charge in [-0.2, -0.15) is 5.10 Å². The van der Waals surface area contributed by atoms with Crippen molar-refractivity contribution in [3.05, 3.63) is 48.2 Å². The van der Waals surface area contributed by atoms with Crippen molar-refractivity contribution in [1.82, 2.24) is 19.7 Å². The first kappa shape index (κ1) is 15.4. The molecule has 0 saturated carbocycles. The van der Waals surface area contributed by atoms with E-state index in [1.807, 2.05) is 7.05 Å². The number of hydrogen-bond donors (Lipinski definition) is 2. The molecule has 0 aliphatic carbocycles. The van der Waals surface area contributed by atoms with Crippen molar-refractivity contribution < 1.29 is 9.50 Å². The van der Waals surface area contributed by atoms with Crippen LogP contribution in [0, 0.1) is 11.7 Å². The average molecular weight is 315 g/mol. The third kappa shape index (κ3) is 3.45. The first-order valence-electron chi connectivity index (χ1n) is 7.39. The normalized spacial score (nSPS) is 12.5. The second-order valence-corrected chi connectivity index (χ2v) is 5.49. The van der Waals surface area contributed by atoms with Crippen molar-refractivity contribution in [3.8, 4) is 0 Å². The van der Waals surface area contributed by atoms with Crippen molar-refractivity contribution in [2.24, 2.45) is 13.0 Å². The van der Waals surface area contributed by atoms with Crippen LogP contribution in [0.15, 0.2) is 36.8 Å². The quantitative estimate of drug-likeness (QED) is 0.725. The van der Waals surface area contributed by atoms with Gasteiger partial charge in [0, 0.05) is 26.1 Å². The largest absolute Gasteiger partial charge is 0.396 e. The fourth-order valence-corrected chi connectivity index (χ4v) is 2.50. The zero-order valence-electron chi connectivity index (χ0n) is 12.8. The Morgan fingerprint density at radius 3 is 2.78 bits per heavy atom. The van der Waals surface area contributed by atoms with Crippen molar-refractivity contribution in [2.45, 2.75) is 6.42 Å². The van der Waals surface area contributed by atoms with E-state index in [9.17, 15) is 9.50 Å². The Bertz CT molecular complexity index is 787. The lowest BCUT2D eigenvalue weighted by molar-refractivity contribution is 0.232. The van der Waals surface area contributed by atoms with E-state index in [1.54, 1.807) is 23.0 Å². The molecule has 3 rings (SSSR count). The van der Waals surface area contributed by atoms with Gasteiger partial charge in [0.25, 0.3) is 0 Å². The van der Waals surface area contributed by atoms with E-state index in [1.165, 1.54) is 18.5 Å². The second kappa shape index (κ2) is 6.70. The molecule has 23 heavy (non-hydrogen) atoms. The van der Waals surface area contributed by atoms with Gasteiger partial charge in [0.2, 0.25) is 0 Å². The standard InChI is InChI=1S/C16H18FN5O/c1-22-16-14(8-21-22)15(19-10-20-16)18-7-12(9-23)6-11-2-4-13(17)5-3-11/h2-5,8,10,12,23H,6-7,9H2,1H3,(H,18,19,20). The first-order valence-corrected chi connectivity index (χ1v) is 7.39. The highest BCUT2D eigenvalue weighted by Gasteiger charge is 2.12. The van der Waals surface area contributed by atoms with Gasteiger partial charge in [-0.3, -0.25) is 4.68 Å². The number of rotatable bonds is 6. The number of hydrogen-bond acceptors (Lipinski definition) is 5. The molecule has 0 amide bonds. The van der Waals surface area contributed by atoms with Gasteiger partial charge in [-0.15, -0.1) is 0 Å². The summed E-state index contributed by atoms with van der Waals surface area (Å²) in [6.07, 6.45) is 3.86. The number of benzene rings is 1. The Labute approximate surface area is 133 Å². The Hall–Kier alpha value is -2.54. The molecule has 0 aliphatic rings. The summed E-state index contributed by atoms with van der Waals surface area (Å²) in [7, 11) is 1.82. The minimum Gasteiger partial charge on any atom is -0.396 e. The number of aliphatic hydroxyl groups is 1. The van der Waals surface area contributed by atoms with Crippen LogP contribution >= 0.6 is 0 Å². The molecule has 6 nitrogen and oxygen atoms in total. The van der Waals surface area contributed by atoms with Crippen LogP contribution < -0.4 is 5.32 Å². The molecule has 1 aromatic carbocycles. The summed E-state index contributed by atoms with van der Waals surface area (Å²) in [4.78, 5) is 8.43. The molecule has 2 aromatic heterocycles. The molecular formula is C16H18FN5O. The summed E-state index contributed by atoms with van der Waals surface area (Å²) in [5.41, 5.74) is 1.74. The SMILES string of the molecule is Cn1ncc2c(NCC(CO)Cc3ccc(F)cc3)ncnc21. The molecular weight excluding hydrogens is 297 g/mol. The maximum absolute atomic E-state index is 12.9. The summed E-state index contributed by atoms with van der Waals surface area (Å²) < 4.78 is 14.6. The number of aromatic nitrogens is 4. The third-order valence-electron chi connectivity index (χ3n) is 3.78. The summed E-state index contributed by atoms with van der Waals surface area (Å²) in [5, 5.41) is 17.8. The molecule has 0 saturated heterocycles. The smallest absolute Gasteiger partial charge is 0.163 e. The van der Waals surface area contributed by atoms with Gasteiger partial charge < -0.3 is 10.4 Å². The average Bonchev–Trinajstić information content (AvgIpc) is 2.95. The number of aryl methyl sites for hydroxylation is 1. The molecule has 120 valence electrons. The van der Waals surface area contributed by atoms with Gasteiger partial charge in [-0.25, -0.2) is 14.4 Å². The van der Waals surface area contributed by atoms with Gasteiger partial charge in [-0.05, 0) is 24.1 Å². The van der Waals surface area contributed by atoms with Crippen LogP contribution in [0.5, 0.6) is 0 Å². The molecule has 1 unspecified atom stereocenters. The monoisotopic (exact) mass is 315 g/mol. The highest BCUT2D eigenvalue weighted by Crippen LogP contribution is 2.18. The number of fused-ring (bicyclic) bond motifs is 1. The second-order valence-electron chi connectivity index (χ2n) is 5.49. The summed E-state index contributed by atoms with van der Waals surface area (Å²) >= 11 is 0. The van der Waals surface area contributed by atoms with Crippen LogP contribution in [0.25, 0.3) is 11.0 Å². The van der Waals surface area contributed by atoms with Crippen molar-refractivity contribution in [2.75, 3.05) is 18.5 Å². The summed E-state index contributed by atoms with van der Waals surface area (Å²) in [5.74, 6) is 0.440. The van der Waals surface area contributed by atoms with Crippen LogP contribution in [-0.4, -0.2) is 38.0 Å². The summed E-state index contributed by atoms with van der Waals surface area (Å²) in [6, 6.07) is 6.34. The zero-order chi connectivity index (χ0) is 16.2. The number of anilines is 1. The van der Waals surface area contributed by atoms with Crippen molar-refractivity contribution >= 4 is 16.9 Å². The van der Waals surface area contributed by atoms with Gasteiger partial charge in [0.05, 0.1) is 11.6 Å². The van der Waals surface area contributed by atoms with E-state index in [0.29, 0.717) is 18.8 Å². The molecule has 7 heteroatoms. The van der Waals surface area contributed by atoms with E-state index < -0.39 is 0 Å². The predicted molar refractivity (Wildman–Crippen MR) is 85.5 cm³/mol. The van der Waals surface area contributed by atoms with Crippen molar-refractivity contribution in [3.63, 3.8) is 0 Å². The minimum absolute atomic E-state index is 0.00199. The molecule has 0 bridgehead atoms. The minimum atomic E-state index is -0.257. The van der Waals surface area contributed by atoms with E-state index in [2.05, 4.69) is 20.4 Å². The van der Waals surface area contributed by atoms with Crippen LogP contribution in [-0.2, 0) is 13.5 Å². The molecule has 0 radical (unpaired) electrons. The van der Waals surface area contributed by atoms with E-state index in [0.717, 1.165) is 16.6 Å². The topological polar surface area (TPSA) is 75.9 Å². The van der Waals surface area contributed by atoms with E-state index >= 15 is 0 Å². The van der Waals surface area contributed by atoms with Crippen LogP contribution in [0.1, 0.15) is 5.56 Å². The van der Waals surface area contributed by atoms with Crippen molar-refractivity contribution in [1.29, 1.82) is 0 Å². The van der Waals surface area contributed by atoms with Gasteiger partial charge in [-0.1, -0.05) is 12.1 Å². The molecule has 3 aromatic rings. The van der Waals surface area contributed by atoms with E-state index in [4.69, 9.17) is 0 Å². The Morgan fingerprint density at radius 1 is 1.26 bits per heavy atom. The number of halogens is 1. The molecule has 2 N–H and O–H groups in total. The third-order valence-corrected chi connectivity index (χ3v) is 3.78. The fourth-order valence-electron chi connectivity index (χ4n) is 2.50. The molecule has 1 atom stereocenters. The van der Waals surface area contributed by atoms with Crippen LogP contribution in [0.2, 0.25) is 0 Å². The van der Waals surface area contributed by atoms with E-state index in [-0.39, 0.29) is 18.3 Å². The first-order chi connectivity index (χ1) is 11.2. The molecule has 0 fully saturated rings. The lowest BCUT2D eigenvalue weighted by atomic mass is 10.00. The summed E-state index contributed by atoms with van der Waals surface area (Å²) in [6.45, 7) is 0.584. The molecule has 2 heterocycles. The van der Waals surface area contributed by atoms with Gasteiger partial charge >= 0.3 is 0 Å². The number of nitrogens with zero attached hydrogens (tertiary/aromatic N) is 4. The van der Waals surface area contributed by atoms with Crippen LogP contribution in [0.4, 0.5) is 10.2 Å². The maximum Gasteiger partial charge on any atom is 0.163 e. The highest BCUT2D eigenvalue weighted by molar-refractivity contribution is 5.85. The molecule has 0 aliphatic heterocycles. The van der Waals surface area contributed by atoms with Gasteiger partial charge in [0.1, 0.15) is 18.0 Å². The molecule has 0 spiro atoms. The zero-order valence-corrected chi connectivity index (χ0v) is 12.8. The number of nitrogens with one attached hydrogen (secondary N) is 1.